The van der Waals surface area contributed by atoms with Crippen LogP contribution in [0.1, 0.15) is 13.3 Å². The third kappa shape index (κ3) is 4.12. The van der Waals surface area contributed by atoms with E-state index < -0.39 is 12.1 Å². The average molecular weight is 345 g/mol. The number of benzene rings is 1. The molecule has 0 bridgehead atoms. The minimum atomic E-state index is -0.458. The van der Waals surface area contributed by atoms with Gasteiger partial charge in [0.25, 0.3) is 0 Å². The molecule has 1 aliphatic rings. The quantitative estimate of drug-likeness (QED) is 0.537. The lowest BCUT2D eigenvalue weighted by Gasteiger charge is -2.19. The highest BCUT2D eigenvalue weighted by atomic mass is 16.3. The van der Waals surface area contributed by atoms with Crippen LogP contribution in [0.15, 0.2) is 30.3 Å². The largest absolute Gasteiger partial charge is 0.391 e. The standard InChI is InChI=1S/C16H23N7O2/c1-2-13(15(25)18-9-11-8-17-10-14(11)24)19-16-20-21-22-23(16)12-6-4-3-5-7-12/h3-7,11,13-14,17,24H,2,8-10H2,1H3,(H,18,25)(H,19,20,22). The second-order valence-electron chi connectivity index (χ2n) is 6.09. The number of anilines is 1. The topological polar surface area (TPSA) is 117 Å². The molecule has 1 aliphatic heterocycles. The number of carbonyl (C=O) groups is 1. The Kier molecular flexibility index (Phi) is 5.56. The van der Waals surface area contributed by atoms with Gasteiger partial charge < -0.3 is 21.1 Å². The molecule has 0 radical (unpaired) electrons. The third-order valence-electron chi connectivity index (χ3n) is 4.34. The molecule has 4 N–H and O–H groups in total. The molecule has 3 unspecified atom stereocenters. The number of tetrazole rings is 1. The van der Waals surface area contributed by atoms with Crippen LogP contribution in [0.5, 0.6) is 0 Å². The van der Waals surface area contributed by atoms with E-state index in [1.807, 2.05) is 37.3 Å². The Morgan fingerprint density at radius 1 is 1.40 bits per heavy atom. The summed E-state index contributed by atoms with van der Waals surface area (Å²) in [4.78, 5) is 12.5. The molecule has 1 fully saturated rings. The van der Waals surface area contributed by atoms with Gasteiger partial charge in [0.05, 0.1) is 11.8 Å². The fourth-order valence-electron chi connectivity index (χ4n) is 2.81. The number of carbonyl (C=O) groups excluding carboxylic acids is 1. The zero-order chi connectivity index (χ0) is 17.6. The van der Waals surface area contributed by atoms with Gasteiger partial charge in [-0.3, -0.25) is 4.79 Å². The molecule has 0 aliphatic carbocycles. The normalized spacial score (nSPS) is 21.0. The van der Waals surface area contributed by atoms with Gasteiger partial charge in [-0.15, -0.1) is 0 Å². The van der Waals surface area contributed by atoms with Crippen molar-refractivity contribution in [3.8, 4) is 5.69 Å². The summed E-state index contributed by atoms with van der Waals surface area (Å²) < 4.78 is 1.56. The van der Waals surface area contributed by atoms with Crippen molar-refractivity contribution < 1.29 is 9.90 Å². The van der Waals surface area contributed by atoms with Gasteiger partial charge in [-0.2, -0.15) is 4.68 Å². The molecular formula is C16H23N7O2. The fraction of sp³-hybridized carbons (Fsp3) is 0.500. The van der Waals surface area contributed by atoms with E-state index in [2.05, 4.69) is 31.5 Å². The number of nitrogens with one attached hydrogen (secondary N) is 3. The number of aliphatic hydroxyl groups excluding tert-OH is 1. The molecule has 9 nitrogen and oxygen atoms in total. The van der Waals surface area contributed by atoms with Crippen LogP contribution < -0.4 is 16.0 Å². The van der Waals surface area contributed by atoms with Crippen molar-refractivity contribution in [3.63, 3.8) is 0 Å². The number of para-hydroxylation sites is 1. The smallest absolute Gasteiger partial charge is 0.248 e. The molecule has 3 rings (SSSR count). The third-order valence-corrected chi connectivity index (χ3v) is 4.34. The molecule has 2 heterocycles. The van der Waals surface area contributed by atoms with E-state index >= 15 is 0 Å². The van der Waals surface area contributed by atoms with E-state index in [1.54, 1.807) is 4.68 Å². The number of aromatic nitrogens is 4. The first kappa shape index (κ1) is 17.3. The Hall–Kier alpha value is -2.52. The summed E-state index contributed by atoms with van der Waals surface area (Å²) in [6.07, 6.45) is 0.164. The number of hydrogen-bond acceptors (Lipinski definition) is 7. The number of amides is 1. The van der Waals surface area contributed by atoms with Crippen molar-refractivity contribution in [2.45, 2.75) is 25.5 Å². The first-order chi connectivity index (χ1) is 12.2. The van der Waals surface area contributed by atoms with E-state index in [0.717, 1.165) is 5.69 Å². The molecule has 9 heteroatoms. The van der Waals surface area contributed by atoms with Crippen LogP contribution in [0.4, 0.5) is 5.95 Å². The van der Waals surface area contributed by atoms with Crippen LogP contribution in [0.3, 0.4) is 0 Å². The molecule has 3 atom stereocenters. The maximum Gasteiger partial charge on any atom is 0.248 e. The van der Waals surface area contributed by atoms with Crippen LogP contribution in [-0.2, 0) is 4.79 Å². The highest BCUT2D eigenvalue weighted by molar-refractivity contribution is 5.84. The lowest BCUT2D eigenvalue weighted by Crippen LogP contribution is -2.43. The molecule has 1 aromatic heterocycles. The minimum absolute atomic E-state index is 0.0381. The summed E-state index contributed by atoms with van der Waals surface area (Å²) in [6, 6.07) is 9.01. The van der Waals surface area contributed by atoms with Gasteiger partial charge in [-0.1, -0.05) is 30.2 Å². The predicted molar refractivity (Wildman–Crippen MR) is 92.2 cm³/mol. The van der Waals surface area contributed by atoms with E-state index in [1.165, 1.54) is 0 Å². The van der Waals surface area contributed by atoms with Crippen LogP contribution in [0.25, 0.3) is 5.69 Å². The lowest BCUT2D eigenvalue weighted by atomic mass is 10.1. The summed E-state index contributed by atoms with van der Waals surface area (Å²) in [5.74, 6) is 0.316. The highest BCUT2D eigenvalue weighted by Crippen LogP contribution is 2.13. The second-order valence-corrected chi connectivity index (χ2v) is 6.09. The Morgan fingerprint density at radius 3 is 2.88 bits per heavy atom. The van der Waals surface area contributed by atoms with Gasteiger partial charge >= 0.3 is 0 Å². The van der Waals surface area contributed by atoms with Crippen molar-refractivity contribution in [2.75, 3.05) is 25.0 Å². The fourth-order valence-corrected chi connectivity index (χ4v) is 2.81. The number of hydrogen-bond donors (Lipinski definition) is 4. The van der Waals surface area contributed by atoms with E-state index in [-0.39, 0.29) is 11.8 Å². The van der Waals surface area contributed by atoms with Crippen molar-refractivity contribution in [2.24, 2.45) is 5.92 Å². The van der Waals surface area contributed by atoms with Gasteiger partial charge in [0, 0.05) is 25.6 Å². The number of aliphatic hydroxyl groups is 1. The van der Waals surface area contributed by atoms with E-state index in [0.29, 0.717) is 32.0 Å². The molecule has 0 spiro atoms. The molecule has 1 aromatic carbocycles. The molecule has 134 valence electrons. The van der Waals surface area contributed by atoms with Crippen molar-refractivity contribution in [1.82, 2.24) is 30.8 Å². The number of nitrogens with zero attached hydrogens (tertiary/aromatic N) is 4. The van der Waals surface area contributed by atoms with Crippen LogP contribution in [0.2, 0.25) is 0 Å². The summed E-state index contributed by atoms with van der Waals surface area (Å²) in [6.45, 7) is 3.63. The second kappa shape index (κ2) is 8.04. The van der Waals surface area contributed by atoms with Gasteiger partial charge in [-0.05, 0) is 29.0 Å². The van der Waals surface area contributed by atoms with E-state index in [9.17, 15) is 9.90 Å². The molecule has 1 saturated heterocycles. The van der Waals surface area contributed by atoms with Crippen LogP contribution in [0, 0.1) is 5.92 Å². The van der Waals surface area contributed by atoms with Crippen LogP contribution >= 0.6 is 0 Å². The molecule has 25 heavy (non-hydrogen) atoms. The van der Waals surface area contributed by atoms with Gasteiger partial charge in [0.2, 0.25) is 11.9 Å². The Balaban J connectivity index is 1.62. The van der Waals surface area contributed by atoms with Crippen LogP contribution in [-0.4, -0.2) is 63.0 Å². The first-order valence-electron chi connectivity index (χ1n) is 8.46. The van der Waals surface area contributed by atoms with Crippen molar-refractivity contribution in [1.29, 1.82) is 0 Å². The van der Waals surface area contributed by atoms with Gasteiger partial charge in [0.1, 0.15) is 6.04 Å². The number of rotatable bonds is 7. The maximum atomic E-state index is 12.5. The molecule has 2 aromatic rings. The Bertz CT molecular complexity index is 691. The zero-order valence-corrected chi connectivity index (χ0v) is 14.1. The summed E-state index contributed by atoms with van der Waals surface area (Å²) in [5.41, 5.74) is 0.811. The lowest BCUT2D eigenvalue weighted by molar-refractivity contribution is -0.122. The van der Waals surface area contributed by atoms with Gasteiger partial charge in [0.15, 0.2) is 0 Å². The van der Waals surface area contributed by atoms with Crippen molar-refractivity contribution in [3.05, 3.63) is 30.3 Å². The average Bonchev–Trinajstić information content (AvgIpc) is 3.27. The number of β-amino-alcohol motifs (C(OH)–C–C–N with tert-alkyl or cyclic N) is 1. The zero-order valence-electron chi connectivity index (χ0n) is 14.1. The Morgan fingerprint density at radius 2 is 2.20 bits per heavy atom. The summed E-state index contributed by atoms with van der Waals surface area (Å²) >= 11 is 0. The van der Waals surface area contributed by atoms with Crippen molar-refractivity contribution >= 4 is 11.9 Å². The molecule has 0 saturated carbocycles. The van der Waals surface area contributed by atoms with E-state index in [4.69, 9.17) is 0 Å². The predicted octanol–water partition coefficient (Wildman–Crippen LogP) is -0.451. The summed E-state index contributed by atoms with van der Waals surface area (Å²) in [7, 11) is 0. The molecule has 1 amide bonds. The van der Waals surface area contributed by atoms with Gasteiger partial charge in [-0.25, -0.2) is 0 Å². The Labute approximate surface area is 145 Å². The minimum Gasteiger partial charge on any atom is -0.391 e. The highest BCUT2D eigenvalue weighted by Gasteiger charge is 2.26. The first-order valence-corrected chi connectivity index (χ1v) is 8.46. The maximum absolute atomic E-state index is 12.5. The summed E-state index contributed by atoms with van der Waals surface area (Å²) in [5, 5.41) is 30.5. The monoisotopic (exact) mass is 345 g/mol. The molecular weight excluding hydrogens is 322 g/mol. The SMILES string of the molecule is CCC(Nc1nnnn1-c1ccccc1)C(=O)NCC1CNCC1O.